The Morgan fingerprint density at radius 2 is 2.15 bits per heavy atom. The molecule has 0 unspecified atom stereocenters. The van der Waals surface area contributed by atoms with E-state index in [2.05, 4.69) is 15.3 Å². The Morgan fingerprint density at radius 3 is 2.80 bits per heavy atom. The summed E-state index contributed by atoms with van der Waals surface area (Å²) >= 11 is 0. The molecule has 0 aliphatic rings. The van der Waals surface area contributed by atoms with E-state index in [1.165, 1.54) is 0 Å². The van der Waals surface area contributed by atoms with Gasteiger partial charge in [-0.3, -0.25) is 4.39 Å². The van der Waals surface area contributed by atoms with Crippen LogP contribution in [-0.4, -0.2) is 29.3 Å². The molecule has 6 heteroatoms. The lowest BCUT2D eigenvalue weighted by molar-refractivity contribution is 0.141. The molecule has 2 aromatic rings. The second-order valence-electron chi connectivity index (χ2n) is 4.19. The van der Waals surface area contributed by atoms with Crippen LogP contribution >= 0.6 is 0 Å². The molecule has 0 aliphatic carbocycles. The van der Waals surface area contributed by atoms with Gasteiger partial charge in [0.15, 0.2) is 0 Å². The molecule has 0 fully saturated rings. The van der Waals surface area contributed by atoms with Crippen molar-refractivity contribution in [3.8, 4) is 11.3 Å². The highest BCUT2D eigenvalue weighted by atomic mass is 19.1. The normalized spacial score (nSPS) is 10.2. The molecule has 0 saturated heterocycles. The van der Waals surface area contributed by atoms with Crippen LogP contribution in [0, 0.1) is 0 Å². The highest BCUT2D eigenvalue weighted by molar-refractivity contribution is 5.67. The molecule has 2 rings (SSSR count). The monoisotopic (exact) mass is 277 g/mol. The molecule has 1 aromatic heterocycles. The Labute approximate surface area is 116 Å². The largest absolute Gasteiger partial charge is 0.449 e. The predicted octanol–water partition coefficient (Wildman–Crippen LogP) is 2.66. The fraction of sp³-hybridized carbons (Fsp3) is 0.286. The lowest BCUT2D eigenvalue weighted by atomic mass is 10.1. The predicted molar refractivity (Wildman–Crippen MR) is 72.8 cm³/mol. The average Bonchev–Trinajstić information content (AvgIpc) is 3.00. The lowest BCUT2D eigenvalue weighted by Crippen LogP contribution is -2.24. The molecule has 1 aromatic carbocycles. The Hall–Kier alpha value is -2.37. The van der Waals surface area contributed by atoms with Gasteiger partial charge in [-0.05, 0) is 11.1 Å². The summed E-state index contributed by atoms with van der Waals surface area (Å²) < 4.78 is 16.6. The van der Waals surface area contributed by atoms with Crippen LogP contribution < -0.4 is 5.32 Å². The van der Waals surface area contributed by atoms with Crippen LogP contribution in [0.1, 0.15) is 12.0 Å². The minimum absolute atomic E-state index is 0.0983. The summed E-state index contributed by atoms with van der Waals surface area (Å²) in [6.45, 7) is -0.0127. The number of halogens is 1. The van der Waals surface area contributed by atoms with Crippen LogP contribution in [0.4, 0.5) is 9.18 Å². The topological polar surface area (TPSA) is 67.0 Å². The third-order valence-electron chi connectivity index (χ3n) is 2.71. The summed E-state index contributed by atoms with van der Waals surface area (Å²) in [5.74, 6) is 0. The number of aromatic nitrogens is 2. The smallest absolute Gasteiger partial charge is 0.407 e. The Balaban J connectivity index is 1.81. The number of rotatable bonds is 6. The van der Waals surface area contributed by atoms with Gasteiger partial charge in [-0.25, -0.2) is 9.78 Å². The van der Waals surface area contributed by atoms with Crippen LogP contribution in [0.3, 0.4) is 0 Å². The molecule has 106 valence electrons. The fourth-order valence-corrected chi connectivity index (χ4v) is 1.66. The number of nitrogens with one attached hydrogen (secondary N) is 2. The number of imidazole rings is 1. The Kier molecular flexibility index (Phi) is 5.11. The number of amides is 1. The first kappa shape index (κ1) is 14.0. The number of hydrogen-bond acceptors (Lipinski definition) is 3. The standard InChI is InChI=1S/C14H16FN3O2/c15-6-1-7-20-14(19)17-8-11-2-4-12(5-3-11)13-9-16-10-18-13/h2-5,9-10H,1,6-8H2,(H,16,18)(H,17,19). The van der Waals surface area contributed by atoms with Crippen molar-refractivity contribution in [1.29, 1.82) is 0 Å². The summed E-state index contributed by atoms with van der Waals surface area (Å²) in [7, 11) is 0. The molecule has 2 N–H and O–H groups in total. The number of alkyl halides is 1. The van der Waals surface area contributed by atoms with Gasteiger partial charge in [0.1, 0.15) is 0 Å². The van der Waals surface area contributed by atoms with Gasteiger partial charge in [0.25, 0.3) is 0 Å². The van der Waals surface area contributed by atoms with E-state index in [9.17, 15) is 9.18 Å². The van der Waals surface area contributed by atoms with Gasteiger partial charge in [0, 0.05) is 13.0 Å². The number of carbonyl (C=O) groups excluding carboxylic acids is 1. The summed E-state index contributed by atoms with van der Waals surface area (Å²) in [6.07, 6.45) is 3.07. The zero-order chi connectivity index (χ0) is 14.2. The molecule has 0 radical (unpaired) electrons. The maximum atomic E-state index is 11.8. The van der Waals surface area contributed by atoms with Gasteiger partial charge >= 0.3 is 6.09 Å². The Bertz CT molecular complexity index is 526. The van der Waals surface area contributed by atoms with Gasteiger partial charge in [0.2, 0.25) is 0 Å². The molecular formula is C14H16FN3O2. The first-order chi connectivity index (χ1) is 9.79. The summed E-state index contributed by atoms with van der Waals surface area (Å²) in [4.78, 5) is 18.3. The van der Waals surface area contributed by atoms with Crippen LogP contribution in [0.25, 0.3) is 11.3 Å². The third-order valence-corrected chi connectivity index (χ3v) is 2.71. The van der Waals surface area contributed by atoms with Crippen molar-refractivity contribution < 1.29 is 13.9 Å². The van der Waals surface area contributed by atoms with Crippen LogP contribution in [0.5, 0.6) is 0 Å². The van der Waals surface area contributed by atoms with E-state index in [0.29, 0.717) is 6.54 Å². The van der Waals surface area contributed by atoms with Crippen molar-refractivity contribution in [1.82, 2.24) is 15.3 Å². The zero-order valence-electron chi connectivity index (χ0n) is 10.9. The van der Waals surface area contributed by atoms with Crippen LogP contribution in [0.15, 0.2) is 36.8 Å². The van der Waals surface area contributed by atoms with Crippen LogP contribution in [-0.2, 0) is 11.3 Å². The number of H-pyrrole nitrogens is 1. The second-order valence-corrected chi connectivity index (χ2v) is 4.19. The quantitative estimate of drug-likeness (QED) is 0.798. The van der Waals surface area contributed by atoms with E-state index in [1.807, 2.05) is 24.3 Å². The van der Waals surface area contributed by atoms with Gasteiger partial charge in [-0.2, -0.15) is 0 Å². The van der Waals surface area contributed by atoms with E-state index >= 15 is 0 Å². The van der Waals surface area contributed by atoms with Gasteiger partial charge in [-0.15, -0.1) is 0 Å². The minimum atomic E-state index is -0.531. The molecule has 5 nitrogen and oxygen atoms in total. The van der Waals surface area contributed by atoms with Crippen molar-refractivity contribution in [3.63, 3.8) is 0 Å². The molecule has 1 heterocycles. The molecule has 1 amide bonds. The van der Waals surface area contributed by atoms with E-state index in [4.69, 9.17) is 4.74 Å². The molecule has 0 atom stereocenters. The van der Waals surface area contributed by atoms with Crippen molar-refractivity contribution in [2.75, 3.05) is 13.3 Å². The number of aromatic amines is 1. The van der Waals surface area contributed by atoms with Gasteiger partial charge in [0.05, 0.1) is 31.5 Å². The van der Waals surface area contributed by atoms with Crippen LogP contribution in [0.2, 0.25) is 0 Å². The van der Waals surface area contributed by atoms with Crippen molar-refractivity contribution in [2.24, 2.45) is 0 Å². The molecule has 0 aliphatic heterocycles. The third kappa shape index (κ3) is 4.08. The van der Waals surface area contributed by atoms with E-state index in [1.54, 1.807) is 12.5 Å². The van der Waals surface area contributed by atoms with E-state index < -0.39 is 12.8 Å². The molecule has 0 bridgehead atoms. The first-order valence-electron chi connectivity index (χ1n) is 6.34. The number of alkyl carbamates (subject to hydrolysis) is 1. The second kappa shape index (κ2) is 7.28. The fourth-order valence-electron chi connectivity index (χ4n) is 1.66. The van der Waals surface area contributed by atoms with Crippen molar-refractivity contribution >= 4 is 6.09 Å². The molecule has 0 spiro atoms. The SMILES string of the molecule is O=C(NCc1ccc(-c2cnc[nH]2)cc1)OCCCF. The number of benzene rings is 1. The summed E-state index contributed by atoms with van der Waals surface area (Å²) in [5, 5.41) is 2.61. The summed E-state index contributed by atoms with van der Waals surface area (Å²) in [6, 6.07) is 7.72. The molecule has 0 saturated carbocycles. The van der Waals surface area contributed by atoms with Crippen molar-refractivity contribution in [3.05, 3.63) is 42.4 Å². The number of carbonyl (C=O) groups is 1. The van der Waals surface area contributed by atoms with Gasteiger partial charge < -0.3 is 15.0 Å². The Morgan fingerprint density at radius 1 is 1.35 bits per heavy atom. The zero-order valence-corrected chi connectivity index (χ0v) is 10.9. The highest BCUT2D eigenvalue weighted by Crippen LogP contribution is 2.16. The minimum Gasteiger partial charge on any atom is -0.449 e. The molecule has 20 heavy (non-hydrogen) atoms. The maximum Gasteiger partial charge on any atom is 0.407 e. The van der Waals surface area contributed by atoms with E-state index in [0.717, 1.165) is 16.8 Å². The van der Waals surface area contributed by atoms with E-state index in [-0.39, 0.29) is 13.0 Å². The van der Waals surface area contributed by atoms with Gasteiger partial charge in [-0.1, -0.05) is 24.3 Å². The lowest BCUT2D eigenvalue weighted by Gasteiger charge is -2.06. The average molecular weight is 277 g/mol. The van der Waals surface area contributed by atoms with Crippen molar-refractivity contribution in [2.45, 2.75) is 13.0 Å². The number of nitrogens with zero attached hydrogens (tertiary/aromatic N) is 1. The summed E-state index contributed by atoms with van der Waals surface area (Å²) in [5.41, 5.74) is 2.92. The maximum absolute atomic E-state index is 11.8. The number of hydrogen-bond donors (Lipinski definition) is 2. The number of ether oxygens (including phenoxy) is 1. The first-order valence-corrected chi connectivity index (χ1v) is 6.34. The molecular weight excluding hydrogens is 261 g/mol. The highest BCUT2D eigenvalue weighted by Gasteiger charge is 2.03.